The lowest BCUT2D eigenvalue weighted by Gasteiger charge is -2.07. The summed E-state index contributed by atoms with van der Waals surface area (Å²) in [6.07, 6.45) is 0. The highest BCUT2D eigenvalue weighted by molar-refractivity contribution is 7.87. The van der Waals surface area contributed by atoms with E-state index in [9.17, 15) is 8.42 Å². The summed E-state index contributed by atoms with van der Waals surface area (Å²) in [6.45, 7) is 0. The summed E-state index contributed by atoms with van der Waals surface area (Å²) >= 11 is 5.80. The van der Waals surface area contributed by atoms with Gasteiger partial charge >= 0.3 is 10.1 Å². The van der Waals surface area contributed by atoms with Gasteiger partial charge < -0.3 is 4.18 Å². The molecule has 0 spiro atoms. The van der Waals surface area contributed by atoms with Gasteiger partial charge in [0.05, 0.1) is 10.6 Å². The lowest BCUT2D eigenvalue weighted by molar-refractivity contribution is 0.486. The SMILES string of the molecule is N#Cc1ccc(S(=O)(=O)Oc2ccccc2)cc1Cl. The summed E-state index contributed by atoms with van der Waals surface area (Å²) in [5.41, 5.74) is 0.209. The molecule has 0 N–H and O–H groups in total. The smallest absolute Gasteiger partial charge is 0.339 e. The van der Waals surface area contributed by atoms with Crippen LogP contribution in [0.15, 0.2) is 53.4 Å². The molecule has 6 heteroatoms. The van der Waals surface area contributed by atoms with E-state index in [1.54, 1.807) is 18.2 Å². The van der Waals surface area contributed by atoms with Crippen molar-refractivity contribution in [2.24, 2.45) is 0 Å². The number of hydrogen-bond donors (Lipinski definition) is 0. The molecular formula is C13H8ClNO3S. The molecule has 0 radical (unpaired) electrons. The van der Waals surface area contributed by atoms with Gasteiger partial charge in [0.2, 0.25) is 0 Å². The molecule has 2 aromatic rings. The van der Waals surface area contributed by atoms with Crippen LogP contribution in [0.4, 0.5) is 0 Å². The number of nitrogens with zero attached hydrogens (tertiary/aromatic N) is 1. The maximum atomic E-state index is 12.0. The maximum absolute atomic E-state index is 12.0. The number of nitriles is 1. The van der Waals surface area contributed by atoms with Crippen molar-refractivity contribution in [1.29, 1.82) is 5.26 Å². The van der Waals surface area contributed by atoms with E-state index >= 15 is 0 Å². The summed E-state index contributed by atoms with van der Waals surface area (Å²) < 4.78 is 28.9. The van der Waals surface area contributed by atoms with Crippen LogP contribution in [0.5, 0.6) is 5.75 Å². The van der Waals surface area contributed by atoms with Crippen LogP contribution < -0.4 is 4.18 Å². The van der Waals surface area contributed by atoms with E-state index in [0.717, 1.165) is 0 Å². The third kappa shape index (κ3) is 3.05. The van der Waals surface area contributed by atoms with Gasteiger partial charge in [0.15, 0.2) is 0 Å². The predicted molar refractivity (Wildman–Crippen MR) is 70.4 cm³/mol. The molecule has 2 aromatic carbocycles. The first-order chi connectivity index (χ1) is 9.03. The molecule has 0 bridgehead atoms. The van der Waals surface area contributed by atoms with E-state index < -0.39 is 10.1 Å². The van der Waals surface area contributed by atoms with Gasteiger partial charge in [-0.05, 0) is 30.3 Å². The second-order valence-electron chi connectivity index (χ2n) is 3.60. The largest absolute Gasteiger partial charge is 0.379 e. The van der Waals surface area contributed by atoms with Gasteiger partial charge in [-0.2, -0.15) is 13.7 Å². The first-order valence-corrected chi connectivity index (χ1v) is 7.01. The number of para-hydroxylation sites is 1. The van der Waals surface area contributed by atoms with E-state index in [0.29, 0.717) is 0 Å². The average molecular weight is 294 g/mol. The molecule has 0 unspecified atom stereocenters. The van der Waals surface area contributed by atoms with Crippen LogP contribution in [0.3, 0.4) is 0 Å². The number of benzene rings is 2. The average Bonchev–Trinajstić information content (AvgIpc) is 2.39. The quantitative estimate of drug-likeness (QED) is 0.816. The van der Waals surface area contributed by atoms with Crippen molar-refractivity contribution in [3.05, 3.63) is 59.1 Å². The fourth-order valence-corrected chi connectivity index (χ4v) is 2.64. The van der Waals surface area contributed by atoms with Gasteiger partial charge in [-0.15, -0.1) is 0 Å². The predicted octanol–water partition coefficient (Wildman–Crippen LogP) is 2.98. The molecule has 0 atom stereocenters. The molecule has 0 aliphatic rings. The molecule has 0 saturated carbocycles. The highest BCUT2D eigenvalue weighted by atomic mass is 35.5. The lowest BCUT2D eigenvalue weighted by Crippen LogP contribution is -2.09. The minimum Gasteiger partial charge on any atom is -0.379 e. The zero-order valence-corrected chi connectivity index (χ0v) is 11.1. The third-order valence-corrected chi connectivity index (χ3v) is 3.85. The van der Waals surface area contributed by atoms with Gasteiger partial charge in [0, 0.05) is 0 Å². The van der Waals surface area contributed by atoms with Crippen molar-refractivity contribution in [2.45, 2.75) is 4.90 Å². The second-order valence-corrected chi connectivity index (χ2v) is 5.56. The van der Waals surface area contributed by atoms with E-state index in [2.05, 4.69) is 0 Å². The van der Waals surface area contributed by atoms with Crippen LogP contribution in [-0.2, 0) is 10.1 Å². The summed E-state index contributed by atoms with van der Waals surface area (Å²) in [4.78, 5) is -0.0969. The highest BCUT2D eigenvalue weighted by Gasteiger charge is 2.18. The summed E-state index contributed by atoms with van der Waals surface area (Å²) in [5, 5.41) is 8.80. The van der Waals surface area contributed by atoms with Crippen molar-refractivity contribution in [2.75, 3.05) is 0 Å². The normalized spacial score (nSPS) is 10.7. The summed E-state index contributed by atoms with van der Waals surface area (Å²) in [7, 11) is -3.95. The van der Waals surface area contributed by atoms with E-state index in [-0.39, 0.29) is 21.2 Å². The van der Waals surface area contributed by atoms with Gasteiger partial charge in [0.25, 0.3) is 0 Å². The van der Waals surface area contributed by atoms with Crippen molar-refractivity contribution < 1.29 is 12.6 Å². The van der Waals surface area contributed by atoms with Gasteiger partial charge in [0.1, 0.15) is 16.7 Å². The Labute approximate surface area is 115 Å². The molecule has 0 aliphatic heterocycles. The van der Waals surface area contributed by atoms with Crippen molar-refractivity contribution in [1.82, 2.24) is 0 Å². The Balaban J connectivity index is 2.36. The Bertz CT molecular complexity index is 736. The standard InChI is InChI=1S/C13H8ClNO3S/c14-13-8-12(7-6-10(13)9-15)19(16,17)18-11-4-2-1-3-5-11/h1-8H. The summed E-state index contributed by atoms with van der Waals surface area (Å²) in [5.74, 6) is 0.211. The molecule has 2 rings (SSSR count). The van der Waals surface area contributed by atoms with Crippen LogP contribution in [0.1, 0.15) is 5.56 Å². The molecule has 0 amide bonds. The highest BCUT2D eigenvalue weighted by Crippen LogP contribution is 2.23. The number of halogens is 1. The van der Waals surface area contributed by atoms with Crippen molar-refractivity contribution in [3.63, 3.8) is 0 Å². The number of rotatable bonds is 3. The van der Waals surface area contributed by atoms with Gasteiger partial charge in [-0.3, -0.25) is 0 Å². The van der Waals surface area contributed by atoms with Gasteiger partial charge in [-0.1, -0.05) is 29.8 Å². The fourth-order valence-electron chi connectivity index (χ4n) is 1.39. The molecule has 0 heterocycles. The molecule has 19 heavy (non-hydrogen) atoms. The Morgan fingerprint density at radius 1 is 1.11 bits per heavy atom. The van der Waals surface area contributed by atoms with Crippen LogP contribution in [-0.4, -0.2) is 8.42 Å². The molecular weight excluding hydrogens is 286 g/mol. The van der Waals surface area contributed by atoms with Crippen LogP contribution in [0.2, 0.25) is 5.02 Å². The van der Waals surface area contributed by atoms with E-state index in [4.69, 9.17) is 21.0 Å². The zero-order valence-electron chi connectivity index (χ0n) is 9.58. The Kier molecular flexibility index (Phi) is 3.74. The van der Waals surface area contributed by atoms with Crippen molar-refractivity contribution in [3.8, 4) is 11.8 Å². The zero-order chi connectivity index (χ0) is 13.9. The first kappa shape index (κ1) is 13.4. The minimum absolute atomic E-state index is 0.0697. The first-order valence-electron chi connectivity index (χ1n) is 5.22. The molecule has 96 valence electrons. The Morgan fingerprint density at radius 3 is 2.37 bits per heavy atom. The van der Waals surface area contributed by atoms with Crippen LogP contribution in [0, 0.1) is 11.3 Å². The molecule has 0 aliphatic carbocycles. The van der Waals surface area contributed by atoms with E-state index in [1.165, 1.54) is 30.3 Å². The Morgan fingerprint density at radius 2 is 1.79 bits per heavy atom. The lowest BCUT2D eigenvalue weighted by atomic mass is 10.2. The van der Waals surface area contributed by atoms with E-state index in [1.807, 2.05) is 6.07 Å². The topological polar surface area (TPSA) is 67.2 Å². The third-order valence-electron chi connectivity index (χ3n) is 2.30. The van der Waals surface area contributed by atoms with Crippen LogP contribution >= 0.6 is 11.6 Å². The molecule has 0 fully saturated rings. The fraction of sp³-hybridized carbons (Fsp3) is 0. The maximum Gasteiger partial charge on any atom is 0.339 e. The number of hydrogen-bond acceptors (Lipinski definition) is 4. The van der Waals surface area contributed by atoms with Crippen LogP contribution in [0.25, 0.3) is 0 Å². The minimum atomic E-state index is -3.95. The Hall–Kier alpha value is -2.03. The summed E-state index contributed by atoms with van der Waals surface area (Å²) in [6, 6.07) is 13.8. The van der Waals surface area contributed by atoms with Crippen molar-refractivity contribution >= 4 is 21.7 Å². The monoisotopic (exact) mass is 293 g/mol. The molecule has 0 aromatic heterocycles. The molecule has 0 saturated heterocycles. The second kappa shape index (κ2) is 5.31. The molecule has 4 nitrogen and oxygen atoms in total. The van der Waals surface area contributed by atoms with Gasteiger partial charge in [-0.25, -0.2) is 0 Å².